The summed E-state index contributed by atoms with van der Waals surface area (Å²) in [6, 6.07) is 0.827. The van der Waals surface area contributed by atoms with Gasteiger partial charge in [0.25, 0.3) is 0 Å². The summed E-state index contributed by atoms with van der Waals surface area (Å²) in [6.45, 7) is 0.747. The molecule has 0 aliphatic heterocycles. The molecule has 1 aromatic rings. The fraction of sp³-hybridized carbons (Fsp3) is 0.375. The molecule has 0 aliphatic rings. The van der Waals surface area contributed by atoms with Crippen LogP contribution in [0.25, 0.3) is 0 Å². The summed E-state index contributed by atoms with van der Waals surface area (Å²) in [7, 11) is 0. The van der Waals surface area contributed by atoms with E-state index in [0.717, 1.165) is 12.3 Å². The molecule has 0 bridgehead atoms. The van der Waals surface area contributed by atoms with E-state index in [0.29, 0.717) is 13.1 Å². The number of rotatable bonds is 3. The highest BCUT2D eigenvalue weighted by Gasteiger charge is 2.31. The minimum Gasteiger partial charge on any atom is -0.368 e. The third kappa shape index (κ3) is 3.24. The van der Waals surface area contributed by atoms with Crippen LogP contribution in [0.4, 0.5) is 19.0 Å². The summed E-state index contributed by atoms with van der Waals surface area (Å²) in [5, 5.41) is 2.63. The molecule has 0 saturated carbocycles. The maximum Gasteiger partial charge on any atom is 0.417 e. The van der Waals surface area contributed by atoms with Crippen LogP contribution in [0.2, 0.25) is 5.02 Å². The SMILES string of the molecule is NCCNc1ncc(C(F)(F)F)cc1Cl. The van der Waals surface area contributed by atoms with Gasteiger partial charge in [0.2, 0.25) is 0 Å². The van der Waals surface area contributed by atoms with E-state index in [4.69, 9.17) is 17.3 Å². The zero-order valence-electron chi connectivity index (χ0n) is 7.61. The topological polar surface area (TPSA) is 50.9 Å². The van der Waals surface area contributed by atoms with E-state index in [1.54, 1.807) is 0 Å². The molecule has 0 radical (unpaired) electrons. The lowest BCUT2D eigenvalue weighted by molar-refractivity contribution is -0.137. The van der Waals surface area contributed by atoms with E-state index < -0.39 is 11.7 Å². The molecule has 0 amide bonds. The van der Waals surface area contributed by atoms with Crippen molar-refractivity contribution in [2.45, 2.75) is 6.18 Å². The predicted octanol–water partition coefficient (Wildman–Crippen LogP) is 2.12. The Kier molecular flexibility index (Phi) is 3.76. The quantitative estimate of drug-likeness (QED) is 0.850. The maximum absolute atomic E-state index is 12.2. The number of hydrogen-bond acceptors (Lipinski definition) is 3. The van der Waals surface area contributed by atoms with Gasteiger partial charge in [0, 0.05) is 19.3 Å². The van der Waals surface area contributed by atoms with E-state index in [9.17, 15) is 13.2 Å². The fourth-order valence-corrected chi connectivity index (χ4v) is 1.15. The Morgan fingerprint density at radius 1 is 1.47 bits per heavy atom. The van der Waals surface area contributed by atoms with Crippen LogP contribution in [0, 0.1) is 0 Å². The van der Waals surface area contributed by atoms with Gasteiger partial charge in [0.1, 0.15) is 5.82 Å². The largest absolute Gasteiger partial charge is 0.417 e. The smallest absolute Gasteiger partial charge is 0.368 e. The van der Waals surface area contributed by atoms with Crippen molar-refractivity contribution in [2.24, 2.45) is 5.73 Å². The lowest BCUT2D eigenvalue weighted by Crippen LogP contribution is -2.14. The van der Waals surface area contributed by atoms with Gasteiger partial charge in [0.15, 0.2) is 0 Å². The zero-order chi connectivity index (χ0) is 11.5. The Morgan fingerprint density at radius 2 is 2.13 bits per heavy atom. The van der Waals surface area contributed by atoms with E-state index in [1.165, 1.54) is 0 Å². The summed E-state index contributed by atoms with van der Waals surface area (Å²) in [6.07, 6.45) is -3.70. The van der Waals surface area contributed by atoms with Crippen molar-refractivity contribution in [3.8, 4) is 0 Å². The van der Waals surface area contributed by atoms with E-state index in [1.807, 2.05) is 0 Å². The van der Waals surface area contributed by atoms with Crippen molar-refractivity contribution >= 4 is 17.4 Å². The molecule has 0 fully saturated rings. The van der Waals surface area contributed by atoms with E-state index >= 15 is 0 Å². The molecule has 1 heterocycles. The van der Waals surface area contributed by atoms with Crippen LogP contribution in [0.3, 0.4) is 0 Å². The molecular formula is C8H9ClF3N3. The maximum atomic E-state index is 12.2. The summed E-state index contributed by atoms with van der Waals surface area (Å²) in [5.74, 6) is 0.204. The first-order valence-corrected chi connectivity index (χ1v) is 4.49. The number of halogens is 4. The van der Waals surface area contributed by atoms with Crippen LogP contribution in [-0.4, -0.2) is 18.1 Å². The Balaban J connectivity index is 2.88. The van der Waals surface area contributed by atoms with Gasteiger partial charge in [-0.25, -0.2) is 4.98 Å². The van der Waals surface area contributed by atoms with Gasteiger partial charge < -0.3 is 11.1 Å². The second kappa shape index (κ2) is 4.67. The van der Waals surface area contributed by atoms with Crippen molar-refractivity contribution in [3.63, 3.8) is 0 Å². The highest BCUT2D eigenvalue weighted by atomic mass is 35.5. The van der Waals surface area contributed by atoms with Gasteiger partial charge in [-0.15, -0.1) is 0 Å². The number of aromatic nitrogens is 1. The molecule has 0 aliphatic carbocycles. The highest BCUT2D eigenvalue weighted by molar-refractivity contribution is 6.32. The first-order chi connectivity index (χ1) is 6.95. The Bertz CT molecular complexity index is 340. The van der Waals surface area contributed by atoms with Gasteiger partial charge in [0.05, 0.1) is 10.6 Å². The number of hydrogen-bond donors (Lipinski definition) is 2. The number of nitrogens with one attached hydrogen (secondary N) is 1. The molecule has 0 unspecified atom stereocenters. The van der Waals surface area contributed by atoms with E-state index in [2.05, 4.69) is 10.3 Å². The molecule has 1 rings (SSSR count). The van der Waals surface area contributed by atoms with Crippen molar-refractivity contribution in [1.82, 2.24) is 4.98 Å². The van der Waals surface area contributed by atoms with Crippen molar-refractivity contribution in [2.75, 3.05) is 18.4 Å². The number of anilines is 1. The molecule has 7 heteroatoms. The zero-order valence-corrected chi connectivity index (χ0v) is 8.36. The third-order valence-electron chi connectivity index (χ3n) is 1.61. The molecule has 15 heavy (non-hydrogen) atoms. The minimum absolute atomic E-state index is 0.0710. The second-order valence-corrected chi connectivity index (χ2v) is 3.17. The molecule has 0 saturated heterocycles. The highest BCUT2D eigenvalue weighted by Crippen LogP contribution is 2.32. The minimum atomic E-state index is -4.43. The average Bonchev–Trinajstić information content (AvgIpc) is 2.14. The molecule has 0 spiro atoms. The first-order valence-electron chi connectivity index (χ1n) is 4.12. The summed E-state index contributed by atoms with van der Waals surface area (Å²) in [5.41, 5.74) is 4.34. The van der Waals surface area contributed by atoms with Crippen LogP contribution in [0.15, 0.2) is 12.3 Å². The second-order valence-electron chi connectivity index (χ2n) is 2.77. The number of pyridine rings is 1. The molecule has 3 N–H and O–H groups in total. The van der Waals surface area contributed by atoms with Gasteiger partial charge in [-0.3, -0.25) is 0 Å². The lowest BCUT2D eigenvalue weighted by atomic mass is 10.3. The van der Waals surface area contributed by atoms with Crippen LogP contribution in [0.1, 0.15) is 5.56 Å². The van der Waals surface area contributed by atoms with Gasteiger partial charge in [-0.2, -0.15) is 13.2 Å². The molecule has 84 valence electrons. The average molecular weight is 240 g/mol. The first kappa shape index (κ1) is 12.1. The summed E-state index contributed by atoms with van der Waals surface area (Å²) < 4.78 is 36.6. The van der Waals surface area contributed by atoms with E-state index in [-0.39, 0.29) is 10.8 Å². The molecular weight excluding hydrogens is 231 g/mol. The van der Waals surface area contributed by atoms with Crippen LogP contribution < -0.4 is 11.1 Å². The number of nitrogens with two attached hydrogens (primary N) is 1. The van der Waals surface area contributed by atoms with Crippen LogP contribution >= 0.6 is 11.6 Å². The van der Waals surface area contributed by atoms with Crippen molar-refractivity contribution in [3.05, 3.63) is 22.8 Å². The van der Waals surface area contributed by atoms with Gasteiger partial charge in [-0.05, 0) is 6.07 Å². The number of nitrogens with zero attached hydrogens (tertiary/aromatic N) is 1. The summed E-state index contributed by atoms with van der Waals surface area (Å²) >= 11 is 5.61. The standard InChI is InChI=1S/C8H9ClF3N3/c9-6-3-5(8(10,11)12)4-15-7(6)14-2-1-13/h3-4H,1-2,13H2,(H,14,15). The summed E-state index contributed by atoms with van der Waals surface area (Å²) in [4.78, 5) is 3.56. The molecule has 0 atom stereocenters. The van der Waals surface area contributed by atoms with Gasteiger partial charge >= 0.3 is 6.18 Å². The fourth-order valence-electron chi connectivity index (χ4n) is 0.914. The monoisotopic (exact) mass is 239 g/mol. The van der Waals surface area contributed by atoms with Crippen molar-refractivity contribution < 1.29 is 13.2 Å². The lowest BCUT2D eigenvalue weighted by Gasteiger charge is -2.09. The Labute approximate surface area is 89.4 Å². The molecule has 0 aromatic carbocycles. The van der Waals surface area contributed by atoms with Crippen molar-refractivity contribution in [1.29, 1.82) is 0 Å². The van der Waals surface area contributed by atoms with Crippen LogP contribution in [0.5, 0.6) is 0 Å². The molecule has 3 nitrogen and oxygen atoms in total. The third-order valence-corrected chi connectivity index (χ3v) is 1.89. The van der Waals surface area contributed by atoms with Gasteiger partial charge in [-0.1, -0.05) is 11.6 Å². The Hall–Kier alpha value is -1.01. The number of alkyl halides is 3. The molecule has 1 aromatic heterocycles. The Morgan fingerprint density at radius 3 is 2.60 bits per heavy atom. The normalized spacial score (nSPS) is 11.5. The predicted molar refractivity (Wildman–Crippen MR) is 51.8 cm³/mol. The van der Waals surface area contributed by atoms with Crippen LogP contribution in [-0.2, 0) is 6.18 Å².